The minimum absolute atomic E-state index is 0.376. The van der Waals surface area contributed by atoms with E-state index in [1.54, 1.807) is 6.20 Å². The van der Waals surface area contributed by atoms with E-state index >= 15 is 0 Å². The number of nitrogens with zero attached hydrogens (tertiary/aromatic N) is 2. The second-order valence-corrected chi connectivity index (χ2v) is 6.67. The van der Waals surface area contributed by atoms with Crippen LogP contribution in [0.25, 0.3) is 0 Å². The average Bonchev–Trinajstić information content (AvgIpc) is 2.38. The summed E-state index contributed by atoms with van der Waals surface area (Å²) >= 11 is 3.54. The van der Waals surface area contributed by atoms with Crippen LogP contribution < -0.4 is 10.6 Å². The van der Waals surface area contributed by atoms with Gasteiger partial charge >= 0.3 is 0 Å². The maximum atomic E-state index is 10.7. The molecule has 104 valence electrons. The highest BCUT2D eigenvalue weighted by Gasteiger charge is 2.43. The second-order valence-electron chi connectivity index (χ2n) is 5.82. The molecule has 0 spiro atoms. The van der Waals surface area contributed by atoms with Gasteiger partial charge in [0.25, 0.3) is 0 Å². The zero-order valence-electron chi connectivity index (χ0n) is 11.0. The number of rotatable bonds is 1. The fraction of sp³-hybridized carbons (Fsp3) is 0.643. The minimum atomic E-state index is -0.435. The number of hydrogen-bond donors (Lipinski definition) is 2. The fourth-order valence-corrected chi connectivity index (χ4v) is 4.06. The molecule has 2 unspecified atom stereocenters. The zero-order valence-corrected chi connectivity index (χ0v) is 12.6. The van der Waals surface area contributed by atoms with E-state index in [0.29, 0.717) is 11.6 Å². The van der Waals surface area contributed by atoms with Gasteiger partial charge in [-0.15, -0.1) is 0 Å². The number of anilines is 2. The first-order valence-corrected chi connectivity index (χ1v) is 7.76. The van der Waals surface area contributed by atoms with Gasteiger partial charge in [0.1, 0.15) is 5.82 Å². The predicted molar refractivity (Wildman–Crippen MR) is 80.1 cm³/mol. The quantitative estimate of drug-likeness (QED) is 0.833. The van der Waals surface area contributed by atoms with Gasteiger partial charge < -0.3 is 15.7 Å². The highest BCUT2D eigenvalue weighted by Crippen LogP contribution is 2.41. The number of halogens is 1. The standard InChI is InChI=1S/C14H20BrN3O/c15-12-7-11(16)8-17-13(12)18-6-5-14(19)4-2-1-3-10(14)9-18/h7-8,10,19H,1-6,9,16H2. The van der Waals surface area contributed by atoms with E-state index in [0.717, 1.165) is 49.1 Å². The topological polar surface area (TPSA) is 62.4 Å². The molecule has 4 nitrogen and oxygen atoms in total. The van der Waals surface area contributed by atoms with Gasteiger partial charge in [0.15, 0.2) is 0 Å². The number of nitrogens with two attached hydrogens (primary N) is 1. The van der Waals surface area contributed by atoms with Gasteiger partial charge in [-0.1, -0.05) is 12.8 Å². The molecule has 0 aromatic carbocycles. The molecule has 2 aliphatic rings. The van der Waals surface area contributed by atoms with E-state index in [2.05, 4.69) is 25.8 Å². The summed E-state index contributed by atoms with van der Waals surface area (Å²) in [5.41, 5.74) is 5.97. The Morgan fingerprint density at radius 2 is 2.26 bits per heavy atom. The van der Waals surface area contributed by atoms with Crippen LogP contribution in [0.3, 0.4) is 0 Å². The van der Waals surface area contributed by atoms with Crippen LogP contribution >= 0.6 is 15.9 Å². The van der Waals surface area contributed by atoms with Crippen LogP contribution in [0.2, 0.25) is 0 Å². The summed E-state index contributed by atoms with van der Waals surface area (Å²) in [6.07, 6.45) is 7.02. The molecule has 1 aliphatic heterocycles. The van der Waals surface area contributed by atoms with E-state index in [1.807, 2.05) is 6.07 Å². The maximum absolute atomic E-state index is 10.7. The van der Waals surface area contributed by atoms with Gasteiger partial charge in [0.05, 0.1) is 22.0 Å². The molecule has 2 atom stereocenters. The lowest BCUT2D eigenvalue weighted by molar-refractivity contribution is -0.0613. The van der Waals surface area contributed by atoms with Crippen molar-refractivity contribution in [1.82, 2.24) is 4.98 Å². The Labute approximate surface area is 122 Å². The molecule has 1 aliphatic carbocycles. The molecular weight excluding hydrogens is 306 g/mol. The van der Waals surface area contributed by atoms with Crippen molar-refractivity contribution in [3.63, 3.8) is 0 Å². The van der Waals surface area contributed by atoms with Crippen LogP contribution in [0.15, 0.2) is 16.7 Å². The Bertz CT molecular complexity index is 482. The first-order valence-electron chi connectivity index (χ1n) is 6.97. The Hall–Kier alpha value is -0.810. The molecule has 3 N–H and O–H groups in total. The third kappa shape index (κ3) is 2.46. The largest absolute Gasteiger partial charge is 0.397 e. The summed E-state index contributed by atoms with van der Waals surface area (Å²) in [6.45, 7) is 1.76. The smallest absolute Gasteiger partial charge is 0.143 e. The Morgan fingerprint density at radius 3 is 3.05 bits per heavy atom. The molecule has 2 fully saturated rings. The van der Waals surface area contributed by atoms with Crippen LogP contribution in [-0.4, -0.2) is 28.8 Å². The predicted octanol–water partition coefficient (Wildman–Crippen LogP) is 2.56. The Morgan fingerprint density at radius 1 is 1.42 bits per heavy atom. The molecule has 1 saturated heterocycles. The van der Waals surface area contributed by atoms with Crippen molar-refractivity contribution < 1.29 is 5.11 Å². The first-order chi connectivity index (χ1) is 9.08. The lowest BCUT2D eigenvalue weighted by Crippen LogP contribution is -2.53. The van der Waals surface area contributed by atoms with E-state index in [1.165, 1.54) is 6.42 Å². The van der Waals surface area contributed by atoms with Crippen LogP contribution in [0.1, 0.15) is 32.1 Å². The van der Waals surface area contributed by atoms with Crippen molar-refractivity contribution in [2.75, 3.05) is 23.7 Å². The molecule has 1 aromatic heterocycles. The summed E-state index contributed by atoms with van der Waals surface area (Å²) in [5.74, 6) is 1.32. The molecule has 5 heteroatoms. The van der Waals surface area contributed by atoms with Crippen LogP contribution in [0.5, 0.6) is 0 Å². The number of hydrogen-bond acceptors (Lipinski definition) is 4. The average molecular weight is 326 g/mol. The fourth-order valence-electron chi connectivity index (χ4n) is 3.44. The number of piperidine rings is 1. The molecule has 19 heavy (non-hydrogen) atoms. The highest BCUT2D eigenvalue weighted by atomic mass is 79.9. The summed E-state index contributed by atoms with van der Waals surface area (Å²) < 4.78 is 0.939. The van der Waals surface area contributed by atoms with Crippen molar-refractivity contribution >= 4 is 27.4 Å². The Balaban J connectivity index is 1.80. The minimum Gasteiger partial charge on any atom is -0.397 e. The van der Waals surface area contributed by atoms with Crippen molar-refractivity contribution in [2.24, 2.45) is 5.92 Å². The van der Waals surface area contributed by atoms with Gasteiger partial charge in [0, 0.05) is 19.0 Å². The number of aliphatic hydroxyl groups is 1. The number of fused-ring (bicyclic) bond motifs is 1. The van der Waals surface area contributed by atoms with Crippen LogP contribution in [0.4, 0.5) is 11.5 Å². The molecule has 0 amide bonds. The van der Waals surface area contributed by atoms with E-state index in [-0.39, 0.29) is 0 Å². The van der Waals surface area contributed by atoms with E-state index in [9.17, 15) is 5.11 Å². The second kappa shape index (κ2) is 4.94. The first kappa shape index (κ1) is 13.2. The van der Waals surface area contributed by atoms with E-state index < -0.39 is 5.60 Å². The lowest BCUT2D eigenvalue weighted by atomic mass is 9.71. The van der Waals surface area contributed by atoms with Crippen molar-refractivity contribution in [3.8, 4) is 0 Å². The Kier molecular flexibility index (Phi) is 3.43. The normalized spacial score (nSPS) is 31.1. The van der Waals surface area contributed by atoms with Gasteiger partial charge in [-0.25, -0.2) is 4.98 Å². The molecule has 1 aromatic rings. The third-order valence-electron chi connectivity index (χ3n) is 4.57. The summed E-state index contributed by atoms with van der Waals surface area (Å²) in [5, 5.41) is 10.7. The van der Waals surface area contributed by atoms with Crippen LogP contribution in [0, 0.1) is 5.92 Å². The zero-order chi connectivity index (χ0) is 13.5. The summed E-state index contributed by atoms with van der Waals surface area (Å²) in [4.78, 5) is 6.71. The molecular formula is C14H20BrN3O. The molecule has 0 bridgehead atoms. The summed E-state index contributed by atoms with van der Waals surface area (Å²) in [7, 11) is 0. The highest BCUT2D eigenvalue weighted by molar-refractivity contribution is 9.10. The van der Waals surface area contributed by atoms with Crippen molar-refractivity contribution in [2.45, 2.75) is 37.7 Å². The lowest BCUT2D eigenvalue weighted by Gasteiger charge is -2.47. The van der Waals surface area contributed by atoms with Crippen molar-refractivity contribution in [3.05, 3.63) is 16.7 Å². The molecule has 0 radical (unpaired) electrons. The van der Waals surface area contributed by atoms with Crippen molar-refractivity contribution in [1.29, 1.82) is 0 Å². The van der Waals surface area contributed by atoms with Gasteiger partial charge in [-0.3, -0.25) is 0 Å². The third-order valence-corrected chi connectivity index (χ3v) is 5.15. The molecule has 1 saturated carbocycles. The number of pyridine rings is 1. The number of nitrogen functional groups attached to an aromatic ring is 1. The van der Waals surface area contributed by atoms with E-state index in [4.69, 9.17) is 5.73 Å². The van der Waals surface area contributed by atoms with Gasteiger partial charge in [-0.05, 0) is 41.3 Å². The molecule has 3 rings (SSSR count). The van der Waals surface area contributed by atoms with Gasteiger partial charge in [0.2, 0.25) is 0 Å². The maximum Gasteiger partial charge on any atom is 0.143 e. The van der Waals surface area contributed by atoms with Gasteiger partial charge in [-0.2, -0.15) is 0 Å². The molecule has 2 heterocycles. The summed E-state index contributed by atoms with van der Waals surface area (Å²) in [6, 6.07) is 1.89. The monoisotopic (exact) mass is 325 g/mol. The number of aromatic nitrogens is 1. The SMILES string of the molecule is Nc1cnc(N2CCC3(O)CCCCC3C2)c(Br)c1. The van der Waals surface area contributed by atoms with Crippen LogP contribution in [-0.2, 0) is 0 Å².